The van der Waals surface area contributed by atoms with E-state index in [2.05, 4.69) is 0 Å². The molecule has 0 heterocycles. The third kappa shape index (κ3) is 4.12. The molecule has 1 atom stereocenters. The van der Waals surface area contributed by atoms with Crippen LogP contribution in [0.25, 0.3) is 0 Å². The number of hydrogen-bond acceptors (Lipinski definition) is 2. The molecule has 0 spiro atoms. The molecule has 0 radical (unpaired) electrons. The van der Waals surface area contributed by atoms with Gasteiger partial charge in [0, 0.05) is 5.92 Å². The molecule has 2 N–H and O–H groups in total. The molecular formula is C17H19NO2. The second-order valence-corrected chi connectivity index (χ2v) is 4.93. The van der Waals surface area contributed by atoms with E-state index in [1.807, 2.05) is 61.5 Å². The summed E-state index contributed by atoms with van der Waals surface area (Å²) in [6.07, 6.45) is 0.637. The lowest BCUT2D eigenvalue weighted by atomic mass is 10.0. The molecule has 2 rings (SSSR count). The Bertz CT molecular complexity index is 566. The summed E-state index contributed by atoms with van der Waals surface area (Å²) < 4.78 is 5.76. The van der Waals surface area contributed by atoms with E-state index < -0.39 is 0 Å². The van der Waals surface area contributed by atoms with Crippen LogP contribution in [0.1, 0.15) is 18.1 Å². The summed E-state index contributed by atoms with van der Waals surface area (Å²) in [4.78, 5) is 11.1. The van der Waals surface area contributed by atoms with Crippen molar-refractivity contribution in [3.63, 3.8) is 0 Å². The van der Waals surface area contributed by atoms with Crippen molar-refractivity contribution in [2.75, 3.05) is 0 Å². The summed E-state index contributed by atoms with van der Waals surface area (Å²) in [5, 5.41) is 0. The fourth-order valence-corrected chi connectivity index (χ4v) is 1.96. The second kappa shape index (κ2) is 6.75. The summed E-state index contributed by atoms with van der Waals surface area (Å²) in [6, 6.07) is 17.8. The van der Waals surface area contributed by atoms with Gasteiger partial charge in [-0.25, -0.2) is 0 Å². The smallest absolute Gasteiger partial charge is 0.220 e. The zero-order chi connectivity index (χ0) is 14.4. The van der Waals surface area contributed by atoms with Gasteiger partial charge in [-0.1, -0.05) is 49.4 Å². The molecule has 0 saturated heterocycles. The van der Waals surface area contributed by atoms with E-state index in [-0.39, 0.29) is 11.8 Å². The van der Waals surface area contributed by atoms with Crippen LogP contribution in [0.4, 0.5) is 0 Å². The fraction of sp³-hybridized carbons (Fsp3) is 0.235. The minimum atomic E-state index is -0.277. The third-order valence-electron chi connectivity index (χ3n) is 3.17. The molecule has 0 aromatic heterocycles. The molecule has 3 heteroatoms. The largest absolute Gasteiger partial charge is 0.489 e. The summed E-state index contributed by atoms with van der Waals surface area (Å²) in [6.45, 7) is 2.37. The average Bonchev–Trinajstić information content (AvgIpc) is 2.46. The van der Waals surface area contributed by atoms with Gasteiger partial charge in [0.2, 0.25) is 5.91 Å². The van der Waals surface area contributed by atoms with Crippen LogP contribution in [0.5, 0.6) is 5.75 Å². The molecule has 20 heavy (non-hydrogen) atoms. The molecule has 0 bridgehead atoms. The lowest BCUT2D eigenvalue weighted by molar-refractivity contribution is -0.121. The summed E-state index contributed by atoms with van der Waals surface area (Å²) in [5.41, 5.74) is 7.47. The lowest BCUT2D eigenvalue weighted by Crippen LogP contribution is -2.22. The van der Waals surface area contributed by atoms with Gasteiger partial charge in [-0.3, -0.25) is 4.79 Å². The first-order valence-electron chi connectivity index (χ1n) is 6.70. The number of carbonyl (C=O) groups is 1. The monoisotopic (exact) mass is 269 g/mol. The Balaban J connectivity index is 1.97. The Labute approximate surface area is 119 Å². The molecule has 0 saturated carbocycles. The number of hydrogen-bond donors (Lipinski definition) is 1. The van der Waals surface area contributed by atoms with Crippen LogP contribution in [0.3, 0.4) is 0 Å². The van der Waals surface area contributed by atoms with E-state index in [1.54, 1.807) is 0 Å². The molecule has 1 amide bonds. The van der Waals surface area contributed by atoms with Crippen LogP contribution in [0.15, 0.2) is 54.6 Å². The van der Waals surface area contributed by atoms with Crippen LogP contribution in [0, 0.1) is 5.92 Å². The highest BCUT2D eigenvalue weighted by Crippen LogP contribution is 2.17. The van der Waals surface area contributed by atoms with Gasteiger partial charge in [0.05, 0.1) is 0 Å². The maximum atomic E-state index is 11.1. The number of primary amides is 1. The first-order valence-corrected chi connectivity index (χ1v) is 6.70. The lowest BCUT2D eigenvalue weighted by Gasteiger charge is -2.10. The van der Waals surface area contributed by atoms with Gasteiger partial charge in [-0.15, -0.1) is 0 Å². The van der Waals surface area contributed by atoms with Crippen LogP contribution >= 0.6 is 0 Å². The van der Waals surface area contributed by atoms with E-state index in [9.17, 15) is 4.79 Å². The molecule has 2 aromatic rings. The molecule has 0 fully saturated rings. The van der Waals surface area contributed by atoms with Gasteiger partial charge < -0.3 is 10.5 Å². The number of rotatable bonds is 6. The molecule has 0 aliphatic carbocycles. The zero-order valence-electron chi connectivity index (χ0n) is 11.6. The van der Waals surface area contributed by atoms with Gasteiger partial charge >= 0.3 is 0 Å². The van der Waals surface area contributed by atoms with E-state index >= 15 is 0 Å². The number of nitrogens with two attached hydrogens (primary N) is 1. The quantitative estimate of drug-likeness (QED) is 0.876. The molecular weight excluding hydrogens is 250 g/mol. The Hall–Kier alpha value is -2.29. The van der Waals surface area contributed by atoms with Crippen molar-refractivity contribution in [1.29, 1.82) is 0 Å². The summed E-state index contributed by atoms with van der Waals surface area (Å²) in [7, 11) is 0. The topological polar surface area (TPSA) is 52.3 Å². The van der Waals surface area contributed by atoms with Crippen LogP contribution in [-0.2, 0) is 17.8 Å². The van der Waals surface area contributed by atoms with Gasteiger partial charge in [-0.2, -0.15) is 0 Å². The number of benzene rings is 2. The molecule has 1 unspecified atom stereocenters. The maximum Gasteiger partial charge on any atom is 0.220 e. The third-order valence-corrected chi connectivity index (χ3v) is 3.17. The van der Waals surface area contributed by atoms with Crippen molar-refractivity contribution >= 4 is 5.91 Å². The number of ether oxygens (including phenoxy) is 1. The van der Waals surface area contributed by atoms with Gasteiger partial charge in [-0.05, 0) is 29.7 Å². The molecule has 0 aliphatic rings. The van der Waals surface area contributed by atoms with Gasteiger partial charge in [0.25, 0.3) is 0 Å². The highest BCUT2D eigenvalue weighted by molar-refractivity contribution is 5.76. The zero-order valence-corrected chi connectivity index (χ0v) is 11.6. The first kappa shape index (κ1) is 14.1. The predicted octanol–water partition coefficient (Wildman–Crippen LogP) is 2.93. The Morgan fingerprint density at radius 3 is 2.50 bits per heavy atom. The van der Waals surface area contributed by atoms with E-state index in [4.69, 9.17) is 10.5 Å². The summed E-state index contributed by atoms with van der Waals surface area (Å²) in [5.74, 6) is 0.364. The second-order valence-electron chi connectivity index (χ2n) is 4.93. The summed E-state index contributed by atoms with van der Waals surface area (Å²) >= 11 is 0. The first-order chi connectivity index (χ1) is 9.65. The van der Waals surface area contributed by atoms with Crippen LogP contribution in [0.2, 0.25) is 0 Å². The Morgan fingerprint density at radius 2 is 1.80 bits per heavy atom. The minimum absolute atomic E-state index is 0.167. The van der Waals surface area contributed by atoms with Gasteiger partial charge in [0.1, 0.15) is 12.4 Å². The normalized spacial score (nSPS) is 11.8. The van der Waals surface area contributed by atoms with Crippen LogP contribution in [-0.4, -0.2) is 5.91 Å². The number of carbonyl (C=O) groups excluding carboxylic acids is 1. The molecule has 104 valence electrons. The highest BCUT2D eigenvalue weighted by Gasteiger charge is 2.09. The van der Waals surface area contributed by atoms with E-state index in [0.717, 1.165) is 16.9 Å². The standard InChI is InChI=1S/C17H19NO2/c1-13(17(18)19)10-15-8-5-9-16(11-15)20-12-14-6-3-2-4-7-14/h2-9,11,13H,10,12H2,1H3,(H2,18,19). The fourth-order valence-electron chi connectivity index (χ4n) is 1.96. The Morgan fingerprint density at radius 1 is 1.10 bits per heavy atom. The van der Waals surface area contributed by atoms with E-state index in [1.165, 1.54) is 0 Å². The van der Waals surface area contributed by atoms with Crippen LogP contribution < -0.4 is 10.5 Å². The number of amides is 1. The maximum absolute atomic E-state index is 11.1. The SMILES string of the molecule is CC(Cc1cccc(OCc2ccccc2)c1)C(N)=O. The van der Waals surface area contributed by atoms with E-state index in [0.29, 0.717) is 13.0 Å². The molecule has 3 nitrogen and oxygen atoms in total. The molecule has 2 aromatic carbocycles. The average molecular weight is 269 g/mol. The van der Waals surface area contributed by atoms with Crippen molar-refractivity contribution in [3.05, 3.63) is 65.7 Å². The predicted molar refractivity (Wildman–Crippen MR) is 79.3 cm³/mol. The van der Waals surface area contributed by atoms with Crippen molar-refractivity contribution in [2.45, 2.75) is 20.0 Å². The van der Waals surface area contributed by atoms with Crippen molar-refractivity contribution in [3.8, 4) is 5.75 Å². The van der Waals surface area contributed by atoms with Gasteiger partial charge in [0.15, 0.2) is 0 Å². The molecule has 0 aliphatic heterocycles. The Kier molecular flexibility index (Phi) is 4.77. The van der Waals surface area contributed by atoms with Crippen molar-refractivity contribution in [1.82, 2.24) is 0 Å². The highest BCUT2D eigenvalue weighted by atomic mass is 16.5. The minimum Gasteiger partial charge on any atom is -0.489 e. The van der Waals surface area contributed by atoms with Crippen molar-refractivity contribution in [2.24, 2.45) is 11.7 Å². The van der Waals surface area contributed by atoms with Crippen molar-refractivity contribution < 1.29 is 9.53 Å².